The first-order valence-electron chi connectivity index (χ1n) is 9.64. The first-order chi connectivity index (χ1) is 13.8. The molecule has 166 valence electrons. The van der Waals surface area contributed by atoms with Crippen LogP contribution < -0.4 is 0 Å². The first kappa shape index (κ1) is 23.7. The summed E-state index contributed by atoms with van der Waals surface area (Å²) >= 11 is 0. The summed E-state index contributed by atoms with van der Waals surface area (Å²) < 4.78 is 48.2. The summed E-state index contributed by atoms with van der Waals surface area (Å²) in [5, 5.41) is 0. The quantitative estimate of drug-likeness (QED) is 0.522. The minimum Gasteiger partial charge on any atom is -0.457 e. The Kier molecular flexibility index (Phi) is 7.15. The number of carbonyl (C=O) groups is 3. The predicted molar refractivity (Wildman–Crippen MR) is 102 cm³/mol. The lowest BCUT2D eigenvalue weighted by Crippen LogP contribution is -2.48. The number of Topliss-reactive ketones (excluding diaryl/α,β-unsaturated/α-hetero) is 1. The Morgan fingerprint density at radius 2 is 1.70 bits per heavy atom. The fourth-order valence-corrected chi connectivity index (χ4v) is 3.16. The number of piperidine rings is 1. The smallest absolute Gasteiger partial charge is 0.416 e. The second kappa shape index (κ2) is 9.06. The van der Waals surface area contributed by atoms with Gasteiger partial charge in [0.1, 0.15) is 5.60 Å². The average Bonchev–Trinajstić information content (AvgIpc) is 2.63. The lowest BCUT2D eigenvalue weighted by Gasteiger charge is -2.37. The first-order valence-corrected chi connectivity index (χ1v) is 9.64. The number of benzene rings is 1. The maximum atomic E-state index is 12.6. The number of ether oxygens (including phenoxy) is 2. The monoisotopic (exact) mass is 429 g/mol. The number of likely N-dealkylation sites (tertiary alicyclic amines) is 1. The zero-order valence-electron chi connectivity index (χ0n) is 17.4. The van der Waals surface area contributed by atoms with Gasteiger partial charge in [0.25, 0.3) is 0 Å². The van der Waals surface area contributed by atoms with Gasteiger partial charge in [0.2, 0.25) is 0 Å². The van der Waals surface area contributed by atoms with Gasteiger partial charge in [-0.1, -0.05) is 12.1 Å². The van der Waals surface area contributed by atoms with Crippen LogP contribution in [0.25, 0.3) is 0 Å². The molecular formula is C21H26F3NO5. The molecule has 0 radical (unpaired) electrons. The molecule has 1 saturated heterocycles. The molecule has 1 aliphatic heterocycles. The van der Waals surface area contributed by atoms with Gasteiger partial charge in [-0.05, 0) is 52.7 Å². The number of hydrogen-bond donors (Lipinski definition) is 0. The molecule has 1 fully saturated rings. The minimum atomic E-state index is -4.49. The molecule has 1 aromatic rings. The number of rotatable bonds is 4. The van der Waals surface area contributed by atoms with Crippen molar-refractivity contribution in [2.45, 2.75) is 58.4 Å². The third-order valence-electron chi connectivity index (χ3n) is 4.72. The summed E-state index contributed by atoms with van der Waals surface area (Å²) in [6.45, 7) is 6.89. The van der Waals surface area contributed by atoms with Gasteiger partial charge in [-0.3, -0.25) is 9.59 Å². The van der Waals surface area contributed by atoms with E-state index in [1.165, 1.54) is 0 Å². The number of carbonyl (C=O) groups excluding carboxylic acids is 3. The largest absolute Gasteiger partial charge is 0.457 e. The number of nitrogens with zero attached hydrogens (tertiary/aromatic N) is 1. The highest BCUT2D eigenvalue weighted by Gasteiger charge is 2.35. The molecule has 0 bridgehead atoms. The van der Waals surface area contributed by atoms with Crippen molar-refractivity contribution in [2.75, 3.05) is 13.2 Å². The third kappa shape index (κ3) is 6.47. The summed E-state index contributed by atoms with van der Waals surface area (Å²) in [6, 6.07) is 3.49. The Balaban J connectivity index is 1.86. The van der Waals surface area contributed by atoms with E-state index in [1.54, 1.807) is 32.6 Å². The molecule has 0 saturated carbocycles. The van der Waals surface area contributed by atoms with Gasteiger partial charge in [0, 0.05) is 18.2 Å². The molecule has 0 spiro atoms. The van der Waals surface area contributed by atoms with Crippen molar-refractivity contribution in [1.29, 1.82) is 0 Å². The van der Waals surface area contributed by atoms with Gasteiger partial charge in [0.05, 0.1) is 11.5 Å². The van der Waals surface area contributed by atoms with Crippen LogP contribution in [0.15, 0.2) is 24.3 Å². The Hall–Kier alpha value is -2.58. The highest BCUT2D eigenvalue weighted by molar-refractivity contribution is 5.98. The fourth-order valence-electron chi connectivity index (χ4n) is 3.16. The number of hydrogen-bond acceptors (Lipinski definition) is 5. The van der Waals surface area contributed by atoms with Crippen LogP contribution in [-0.4, -0.2) is 47.5 Å². The Bertz CT molecular complexity index is 783. The van der Waals surface area contributed by atoms with Gasteiger partial charge in [-0.15, -0.1) is 0 Å². The molecule has 1 aromatic carbocycles. The summed E-state index contributed by atoms with van der Waals surface area (Å²) in [5.41, 5.74) is -1.45. The second-order valence-electron chi connectivity index (χ2n) is 8.35. The van der Waals surface area contributed by atoms with Gasteiger partial charge in [0.15, 0.2) is 12.4 Å². The van der Waals surface area contributed by atoms with E-state index < -0.39 is 47.7 Å². The molecular weight excluding hydrogens is 403 g/mol. The van der Waals surface area contributed by atoms with Crippen LogP contribution in [0.2, 0.25) is 0 Å². The van der Waals surface area contributed by atoms with E-state index in [9.17, 15) is 27.6 Å². The SMILES string of the molecule is C[C@H]1C[C@@H](C(=O)OCC(=O)c2ccc(C(F)(F)F)cc2)CCN1C(=O)OC(C)(C)C. The van der Waals surface area contributed by atoms with Crippen molar-refractivity contribution in [1.82, 2.24) is 4.90 Å². The van der Waals surface area contributed by atoms with Crippen LogP contribution in [0.1, 0.15) is 56.5 Å². The van der Waals surface area contributed by atoms with Crippen molar-refractivity contribution in [3.8, 4) is 0 Å². The maximum Gasteiger partial charge on any atom is 0.416 e. The molecule has 9 heteroatoms. The zero-order chi connectivity index (χ0) is 22.7. The molecule has 2 atom stereocenters. The Morgan fingerprint density at radius 1 is 1.10 bits per heavy atom. The topological polar surface area (TPSA) is 72.9 Å². The normalized spacial score (nSPS) is 19.9. The van der Waals surface area contributed by atoms with Crippen LogP contribution >= 0.6 is 0 Å². The number of amides is 1. The Labute approximate surface area is 173 Å². The van der Waals surface area contributed by atoms with Crippen LogP contribution in [0.4, 0.5) is 18.0 Å². The van der Waals surface area contributed by atoms with Crippen LogP contribution in [-0.2, 0) is 20.4 Å². The predicted octanol–water partition coefficient (Wildman–Crippen LogP) is 4.47. The third-order valence-corrected chi connectivity index (χ3v) is 4.72. The van der Waals surface area contributed by atoms with Crippen molar-refractivity contribution in [3.05, 3.63) is 35.4 Å². The van der Waals surface area contributed by atoms with Crippen molar-refractivity contribution >= 4 is 17.8 Å². The van der Waals surface area contributed by atoms with E-state index in [0.29, 0.717) is 19.4 Å². The second-order valence-corrected chi connectivity index (χ2v) is 8.35. The maximum absolute atomic E-state index is 12.6. The highest BCUT2D eigenvalue weighted by atomic mass is 19.4. The van der Waals surface area contributed by atoms with Gasteiger partial charge in [-0.2, -0.15) is 13.2 Å². The molecule has 0 N–H and O–H groups in total. The fraction of sp³-hybridized carbons (Fsp3) is 0.571. The molecule has 1 amide bonds. The van der Waals surface area contributed by atoms with E-state index in [1.807, 2.05) is 0 Å². The molecule has 6 nitrogen and oxygen atoms in total. The van der Waals surface area contributed by atoms with Crippen molar-refractivity contribution < 1.29 is 37.0 Å². The van der Waals surface area contributed by atoms with Crippen LogP contribution in [0.5, 0.6) is 0 Å². The van der Waals surface area contributed by atoms with E-state index in [0.717, 1.165) is 24.3 Å². The molecule has 0 aliphatic carbocycles. The highest BCUT2D eigenvalue weighted by Crippen LogP contribution is 2.29. The Morgan fingerprint density at radius 3 is 2.20 bits per heavy atom. The van der Waals surface area contributed by atoms with Crippen molar-refractivity contribution in [2.24, 2.45) is 5.92 Å². The summed E-state index contributed by atoms with van der Waals surface area (Å²) in [7, 11) is 0. The zero-order valence-corrected chi connectivity index (χ0v) is 17.4. The minimum absolute atomic E-state index is 0.0314. The van der Waals surface area contributed by atoms with Gasteiger partial charge >= 0.3 is 18.2 Å². The molecule has 30 heavy (non-hydrogen) atoms. The standard InChI is InChI=1S/C21H26F3NO5/c1-13-11-15(9-10-25(13)19(28)30-20(2,3)4)18(27)29-12-17(26)14-5-7-16(8-6-14)21(22,23)24/h5-8,13,15H,9-12H2,1-4H3/t13-,15-/m0/s1. The molecule has 2 rings (SSSR count). The van der Waals surface area contributed by atoms with Crippen LogP contribution in [0, 0.1) is 5.92 Å². The van der Waals surface area contributed by atoms with E-state index in [4.69, 9.17) is 9.47 Å². The average molecular weight is 429 g/mol. The van der Waals surface area contributed by atoms with Gasteiger partial charge in [-0.25, -0.2) is 4.79 Å². The molecule has 1 aliphatic rings. The molecule has 0 aromatic heterocycles. The lowest BCUT2D eigenvalue weighted by atomic mass is 9.92. The van der Waals surface area contributed by atoms with E-state index in [2.05, 4.69) is 0 Å². The summed E-state index contributed by atoms with van der Waals surface area (Å²) in [4.78, 5) is 38.2. The number of ketones is 1. The van der Waals surface area contributed by atoms with Crippen molar-refractivity contribution in [3.63, 3.8) is 0 Å². The van der Waals surface area contributed by atoms with E-state index >= 15 is 0 Å². The summed E-state index contributed by atoms with van der Waals surface area (Å²) in [6.07, 6.45) is -4.19. The number of esters is 1. The lowest BCUT2D eigenvalue weighted by molar-refractivity contribution is -0.149. The molecule has 1 heterocycles. The molecule has 0 unspecified atom stereocenters. The number of alkyl halides is 3. The van der Waals surface area contributed by atoms with Gasteiger partial charge < -0.3 is 14.4 Å². The summed E-state index contributed by atoms with van der Waals surface area (Å²) in [5.74, 6) is -1.62. The van der Waals surface area contributed by atoms with E-state index in [-0.39, 0.29) is 11.6 Å². The number of halogens is 3. The van der Waals surface area contributed by atoms with Crippen LogP contribution in [0.3, 0.4) is 0 Å².